The largest absolute Gasteiger partial charge is 0.456 e. The molecule has 0 aliphatic carbocycles. The van der Waals surface area contributed by atoms with E-state index in [1.807, 2.05) is 54.6 Å². The van der Waals surface area contributed by atoms with Gasteiger partial charge in [0.05, 0.1) is 5.39 Å². The summed E-state index contributed by atoms with van der Waals surface area (Å²) < 4.78 is 12.8. The van der Waals surface area contributed by atoms with Gasteiger partial charge in [-0.25, -0.2) is 4.98 Å². The van der Waals surface area contributed by atoms with E-state index < -0.39 is 0 Å². The SMILES string of the molecule is c1ccc(-c2ccc(N(c3ccc(-c4ccccc4)cc3)c3ccc4oc5ccc6nc(-c7ccccc7)oc6c5c4c3)cc2)cc1. The van der Waals surface area contributed by atoms with Crippen LogP contribution >= 0.6 is 0 Å². The molecule has 0 radical (unpaired) electrons. The van der Waals surface area contributed by atoms with Gasteiger partial charge in [-0.3, -0.25) is 0 Å². The Morgan fingerprint density at radius 1 is 0.404 bits per heavy atom. The van der Waals surface area contributed by atoms with Crippen molar-refractivity contribution in [1.82, 2.24) is 4.98 Å². The molecule has 0 aliphatic rings. The molecule has 0 fully saturated rings. The third kappa shape index (κ3) is 4.84. The van der Waals surface area contributed by atoms with Crippen LogP contribution in [-0.4, -0.2) is 4.98 Å². The van der Waals surface area contributed by atoms with Crippen LogP contribution in [0.4, 0.5) is 17.1 Å². The fourth-order valence-electron chi connectivity index (χ4n) is 6.39. The Labute approximate surface area is 271 Å². The van der Waals surface area contributed by atoms with E-state index in [2.05, 4.69) is 120 Å². The zero-order valence-electron chi connectivity index (χ0n) is 25.4. The van der Waals surface area contributed by atoms with Crippen LogP contribution in [0.2, 0.25) is 0 Å². The highest BCUT2D eigenvalue weighted by atomic mass is 16.4. The Kier molecular flexibility index (Phi) is 6.43. The Hall–Kier alpha value is -6.39. The summed E-state index contributed by atoms with van der Waals surface area (Å²) in [4.78, 5) is 7.11. The van der Waals surface area contributed by atoms with Crippen molar-refractivity contribution in [3.63, 3.8) is 0 Å². The minimum absolute atomic E-state index is 0.595. The van der Waals surface area contributed by atoms with E-state index in [9.17, 15) is 0 Å². The van der Waals surface area contributed by atoms with Crippen molar-refractivity contribution in [2.45, 2.75) is 0 Å². The molecule has 0 bridgehead atoms. The number of hydrogen-bond donors (Lipinski definition) is 0. The molecule has 0 spiro atoms. The van der Waals surface area contributed by atoms with Crippen LogP contribution in [0, 0.1) is 0 Å². The first-order chi connectivity index (χ1) is 23.3. The lowest BCUT2D eigenvalue weighted by Crippen LogP contribution is -2.09. The zero-order valence-corrected chi connectivity index (χ0v) is 25.4. The Morgan fingerprint density at radius 2 is 0.894 bits per heavy atom. The number of anilines is 3. The van der Waals surface area contributed by atoms with Crippen LogP contribution < -0.4 is 4.90 Å². The van der Waals surface area contributed by atoms with E-state index in [0.29, 0.717) is 5.89 Å². The van der Waals surface area contributed by atoms with E-state index in [1.54, 1.807) is 0 Å². The van der Waals surface area contributed by atoms with Crippen molar-refractivity contribution < 1.29 is 8.83 Å². The summed E-state index contributed by atoms with van der Waals surface area (Å²) in [7, 11) is 0. The quantitative estimate of drug-likeness (QED) is 0.189. The molecule has 9 aromatic rings. The predicted octanol–water partition coefficient (Wildman–Crippen LogP) is 12.2. The Morgan fingerprint density at radius 3 is 1.47 bits per heavy atom. The van der Waals surface area contributed by atoms with Crippen molar-refractivity contribution in [2.24, 2.45) is 0 Å². The molecule has 4 nitrogen and oxygen atoms in total. The number of oxazole rings is 1. The van der Waals surface area contributed by atoms with Gasteiger partial charge in [0, 0.05) is 28.0 Å². The molecule has 2 heterocycles. The minimum Gasteiger partial charge on any atom is -0.456 e. The standard InChI is InChI=1S/C43H28N2O2/c1-4-10-29(11-5-1)31-16-20-34(21-17-31)45(35-22-18-32(19-23-35)30-12-6-2-7-13-30)36-24-26-39-37(28-36)41-40(46-39)27-25-38-42(41)47-43(44-38)33-14-8-3-9-15-33/h1-28H. The molecule has 7 aromatic carbocycles. The first-order valence-electron chi connectivity index (χ1n) is 15.7. The van der Waals surface area contributed by atoms with Gasteiger partial charge in [-0.05, 0) is 89.0 Å². The van der Waals surface area contributed by atoms with Gasteiger partial charge in [0.15, 0.2) is 5.58 Å². The number of benzene rings is 7. The summed E-state index contributed by atoms with van der Waals surface area (Å²) in [6.07, 6.45) is 0. The van der Waals surface area contributed by atoms with Crippen LogP contribution in [0.3, 0.4) is 0 Å². The highest BCUT2D eigenvalue weighted by Gasteiger charge is 2.19. The fourth-order valence-corrected chi connectivity index (χ4v) is 6.39. The summed E-state index contributed by atoms with van der Waals surface area (Å²) in [5.41, 5.74) is 11.9. The summed E-state index contributed by atoms with van der Waals surface area (Å²) in [5, 5.41) is 1.90. The smallest absolute Gasteiger partial charge is 0.227 e. The van der Waals surface area contributed by atoms with Gasteiger partial charge in [-0.2, -0.15) is 0 Å². The molecule has 0 unspecified atom stereocenters. The van der Waals surface area contributed by atoms with Gasteiger partial charge in [0.25, 0.3) is 0 Å². The molecule has 9 rings (SSSR count). The fraction of sp³-hybridized carbons (Fsp3) is 0. The first kappa shape index (κ1) is 27.0. The number of hydrogen-bond acceptors (Lipinski definition) is 4. The van der Waals surface area contributed by atoms with Crippen LogP contribution in [0.25, 0.3) is 66.7 Å². The third-order valence-electron chi connectivity index (χ3n) is 8.72. The molecule has 222 valence electrons. The second-order valence-corrected chi connectivity index (χ2v) is 11.6. The molecule has 0 N–H and O–H groups in total. The summed E-state index contributed by atoms with van der Waals surface area (Å²) >= 11 is 0. The van der Waals surface area contributed by atoms with Crippen LogP contribution in [-0.2, 0) is 0 Å². The van der Waals surface area contributed by atoms with E-state index in [4.69, 9.17) is 13.8 Å². The maximum atomic E-state index is 6.43. The lowest BCUT2D eigenvalue weighted by atomic mass is 10.0. The lowest BCUT2D eigenvalue weighted by Gasteiger charge is -2.26. The van der Waals surface area contributed by atoms with Crippen LogP contribution in [0.5, 0.6) is 0 Å². The highest BCUT2D eigenvalue weighted by molar-refractivity contribution is 6.17. The average Bonchev–Trinajstić information content (AvgIpc) is 3.75. The molecule has 0 aliphatic heterocycles. The average molecular weight is 605 g/mol. The topological polar surface area (TPSA) is 42.4 Å². The molecule has 0 saturated heterocycles. The molecule has 0 amide bonds. The lowest BCUT2D eigenvalue weighted by molar-refractivity contribution is 0.622. The van der Waals surface area contributed by atoms with Crippen molar-refractivity contribution >= 4 is 50.1 Å². The van der Waals surface area contributed by atoms with E-state index in [0.717, 1.165) is 55.7 Å². The number of furan rings is 1. The van der Waals surface area contributed by atoms with Crippen LogP contribution in [0.15, 0.2) is 179 Å². The Balaban J connectivity index is 1.20. The van der Waals surface area contributed by atoms with Crippen molar-refractivity contribution in [3.8, 4) is 33.7 Å². The van der Waals surface area contributed by atoms with Gasteiger partial charge < -0.3 is 13.7 Å². The third-order valence-corrected chi connectivity index (χ3v) is 8.72. The van der Waals surface area contributed by atoms with Gasteiger partial charge in [0.2, 0.25) is 5.89 Å². The first-order valence-corrected chi connectivity index (χ1v) is 15.7. The normalized spacial score (nSPS) is 11.4. The molecule has 47 heavy (non-hydrogen) atoms. The molecule has 0 atom stereocenters. The number of fused-ring (bicyclic) bond motifs is 5. The van der Waals surface area contributed by atoms with Crippen molar-refractivity contribution in [3.05, 3.63) is 170 Å². The van der Waals surface area contributed by atoms with Crippen molar-refractivity contribution in [2.75, 3.05) is 4.90 Å². The van der Waals surface area contributed by atoms with E-state index in [-0.39, 0.29) is 0 Å². The van der Waals surface area contributed by atoms with Crippen LogP contribution in [0.1, 0.15) is 0 Å². The van der Waals surface area contributed by atoms with Gasteiger partial charge in [-0.1, -0.05) is 103 Å². The van der Waals surface area contributed by atoms with Gasteiger partial charge in [-0.15, -0.1) is 0 Å². The minimum atomic E-state index is 0.595. The second-order valence-electron chi connectivity index (χ2n) is 11.6. The highest BCUT2D eigenvalue weighted by Crippen LogP contribution is 2.42. The summed E-state index contributed by atoms with van der Waals surface area (Å²) in [5.74, 6) is 0.595. The van der Waals surface area contributed by atoms with Crippen molar-refractivity contribution in [1.29, 1.82) is 0 Å². The second kappa shape index (κ2) is 11.2. The van der Waals surface area contributed by atoms with Gasteiger partial charge >= 0.3 is 0 Å². The maximum Gasteiger partial charge on any atom is 0.227 e. The Bertz CT molecular complexity index is 2400. The number of nitrogens with zero attached hydrogens (tertiary/aromatic N) is 2. The molecular formula is C43H28N2O2. The summed E-state index contributed by atoms with van der Waals surface area (Å²) in [6.45, 7) is 0. The monoisotopic (exact) mass is 604 g/mol. The van der Waals surface area contributed by atoms with E-state index in [1.165, 1.54) is 22.3 Å². The number of aromatic nitrogens is 1. The van der Waals surface area contributed by atoms with E-state index >= 15 is 0 Å². The molecule has 4 heteroatoms. The molecule has 0 saturated carbocycles. The maximum absolute atomic E-state index is 6.43. The molecule has 2 aromatic heterocycles. The number of rotatable bonds is 6. The predicted molar refractivity (Wildman–Crippen MR) is 192 cm³/mol. The zero-order chi connectivity index (χ0) is 31.2. The summed E-state index contributed by atoms with van der Waals surface area (Å²) in [6, 6.07) is 58.7. The van der Waals surface area contributed by atoms with Gasteiger partial charge in [0.1, 0.15) is 16.7 Å². The molecular weight excluding hydrogens is 576 g/mol.